The third-order valence-electron chi connectivity index (χ3n) is 4.32. The van der Waals surface area contributed by atoms with E-state index >= 15 is 0 Å². The van der Waals surface area contributed by atoms with Crippen molar-refractivity contribution in [1.82, 2.24) is 0 Å². The van der Waals surface area contributed by atoms with Crippen LogP contribution >= 0.6 is 0 Å². The summed E-state index contributed by atoms with van der Waals surface area (Å²) in [5, 5.41) is 0. The summed E-state index contributed by atoms with van der Waals surface area (Å²) in [6, 6.07) is 5.80. The number of benzene rings is 1. The predicted octanol–water partition coefficient (Wildman–Crippen LogP) is 3.12. The molecule has 0 heterocycles. The summed E-state index contributed by atoms with van der Waals surface area (Å²) < 4.78 is 10.7. The zero-order valence-electron chi connectivity index (χ0n) is 14.2. The minimum Gasteiger partial charge on any atom is -0.496 e. The van der Waals surface area contributed by atoms with Gasteiger partial charge in [-0.05, 0) is 54.4 Å². The molecule has 1 fully saturated rings. The van der Waals surface area contributed by atoms with E-state index in [0.717, 1.165) is 29.7 Å². The van der Waals surface area contributed by atoms with E-state index in [2.05, 4.69) is 20.8 Å². The highest BCUT2D eigenvalue weighted by molar-refractivity contribution is 5.83. The van der Waals surface area contributed by atoms with Gasteiger partial charge >= 0.3 is 5.97 Å². The number of hydrogen-bond acceptors (Lipinski definition) is 4. The Kier molecular flexibility index (Phi) is 4.52. The van der Waals surface area contributed by atoms with E-state index in [4.69, 9.17) is 15.2 Å². The standard InChI is InChI=1S/C18H27NO3/c1-6-22-16(20)18(19,12-7-8-12)13-9-10-15(21-5)14(11-13)17(2,3)4/h9-12H,6-8,19H2,1-5H3. The predicted molar refractivity (Wildman–Crippen MR) is 86.9 cm³/mol. The molecule has 0 spiro atoms. The Labute approximate surface area is 133 Å². The Balaban J connectivity index is 2.51. The van der Waals surface area contributed by atoms with Crippen LogP contribution in [0.5, 0.6) is 5.75 Å². The zero-order chi connectivity index (χ0) is 16.5. The van der Waals surface area contributed by atoms with Crippen LogP contribution in [-0.2, 0) is 20.5 Å². The van der Waals surface area contributed by atoms with Gasteiger partial charge in [0.05, 0.1) is 13.7 Å². The highest BCUT2D eigenvalue weighted by atomic mass is 16.5. The normalized spacial score (nSPS) is 17.7. The van der Waals surface area contributed by atoms with Crippen LogP contribution < -0.4 is 10.5 Å². The van der Waals surface area contributed by atoms with Gasteiger partial charge in [0.15, 0.2) is 0 Å². The van der Waals surface area contributed by atoms with Gasteiger partial charge in [-0.1, -0.05) is 26.8 Å². The zero-order valence-corrected chi connectivity index (χ0v) is 14.2. The van der Waals surface area contributed by atoms with Gasteiger partial charge < -0.3 is 15.2 Å². The second-order valence-electron chi connectivity index (χ2n) is 7.03. The third kappa shape index (κ3) is 2.98. The fraction of sp³-hybridized carbons (Fsp3) is 0.611. The SMILES string of the molecule is CCOC(=O)C(N)(c1ccc(OC)c(C(C)(C)C)c1)C1CC1. The van der Waals surface area contributed by atoms with Crippen LogP contribution in [-0.4, -0.2) is 19.7 Å². The Bertz CT molecular complexity index is 558. The Morgan fingerprint density at radius 3 is 2.41 bits per heavy atom. The Hall–Kier alpha value is -1.55. The largest absolute Gasteiger partial charge is 0.496 e. The summed E-state index contributed by atoms with van der Waals surface area (Å²) in [5.41, 5.74) is 7.26. The van der Waals surface area contributed by atoms with Crippen molar-refractivity contribution in [3.63, 3.8) is 0 Å². The molecule has 0 aliphatic heterocycles. The number of esters is 1. The fourth-order valence-electron chi connectivity index (χ4n) is 2.86. The molecule has 0 radical (unpaired) electrons. The third-order valence-corrected chi connectivity index (χ3v) is 4.32. The number of hydrogen-bond donors (Lipinski definition) is 1. The van der Waals surface area contributed by atoms with Crippen LogP contribution in [0.1, 0.15) is 51.7 Å². The number of ether oxygens (including phenoxy) is 2. The van der Waals surface area contributed by atoms with Crippen LogP contribution in [0.15, 0.2) is 18.2 Å². The van der Waals surface area contributed by atoms with Gasteiger partial charge in [-0.3, -0.25) is 0 Å². The molecule has 1 aliphatic rings. The lowest BCUT2D eigenvalue weighted by Gasteiger charge is -2.30. The fourth-order valence-corrected chi connectivity index (χ4v) is 2.86. The molecule has 0 bridgehead atoms. The Morgan fingerprint density at radius 2 is 1.95 bits per heavy atom. The van der Waals surface area contributed by atoms with E-state index in [0.29, 0.717) is 6.61 Å². The lowest BCUT2D eigenvalue weighted by molar-refractivity contribution is -0.151. The maximum absolute atomic E-state index is 12.5. The second-order valence-corrected chi connectivity index (χ2v) is 7.03. The summed E-state index contributed by atoms with van der Waals surface area (Å²) in [6.45, 7) is 8.50. The van der Waals surface area contributed by atoms with Crippen LogP contribution in [0.4, 0.5) is 0 Å². The number of carbonyl (C=O) groups excluding carboxylic acids is 1. The molecule has 4 nitrogen and oxygen atoms in total. The second kappa shape index (κ2) is 5.92. The number of carbonyl (C=O) groups is 1. The van der Waals surface area contributed by atoms with E-state index in [-0.39, 0.29) is 17.3 Å². The molecule has 1 aromatic rings. The van der Waals surface area contributed by atoms with Gasteiger partial charge in [0.25, 0.3) is 0 Å². The van der Waals surface area contributed by atoms with E-state index in [1.54, 1.807) is 14.0 Å². The first-order valence-corrected chi connectivity index (χ1v) is 7.90. The molecule has 1 unspecified atom stereocenters. The lowest BCUT2D eigenvalue weighted by Crippen LogP contribution is -2.48. The molecular formula is C18H27NO3. The summed E-state index contributed by atoms with van der Waals surface area (Å²) in [4.78, 5) is 12.5. The molecule has 1 atom stereocenters. The van der Waals surface area contributed by atoms with E-state index in [1.165, 1.54) is 0 Å². The van der Waals surface area contributed by atoms with Gasteiger partial charge in [0, 0.05) is 0 Å². The molecule has 0 saturated heterocycles. The first-order chi connectivity index (χ1) is 10.2. The molecule has 122 valence electrons. The maximum Gasteiger partial charge on any atom is 0.331 e. The average molecular weight is 305 g/mol. The summed E-state index contributed by atoms with van der Waals surface area (Å²) in [6.07, 6.45) is 1.93. The molecule has 0 amide bonds. The van der Waals surface area contributed by atoms with E-state index in [1.807, 2.05) is 18.2 Å². The maximum atomic E-state index is 12.5. The van der Waals surface area contributed by atoms with Crippen molar-refractivity contribution in [2.75, 3.05) is 13.7 Å². The lowest BCUT2D eigenvalue weighted by atomic mass is 9.80. The van der Waals surface area contributed by atoms with E-state index < -0.39 is 5.54 Å². The number of rotatable bonds is 5. The molecule has 2 N–H and O–H groups in total. The topological polar surface area (TPSA) is 61.5 Å². The van der Waals surface area contributed by atoms with Gasteiger partial charge in [0.2, 0.25) is 0 Å². The molecule has 22 heavy (non-hydrogen) atoms. The van der Waals surface area contributed by atoms with Crippen LogP contribution in [0.2, 0.25) is 0 Å². The van der Waals surface area contributed by atoms with Crippen molar-refractivity contribution in [2.24, 2.45) is 11.7 Å². The molecule has 1 saturated carbocycles. The van der Waals surface area contributed by atoms with Crippen LogP contribution in [0, 0.1) is 5.92 Å². The summed E-state index contributed by atoms with van der Waals surface area (Å²) in [7, 11) is 1.66. The Morgan fingerprint density at radius 1 is 1.32 bits per heavy atom. The molecular weight excluding hydrogens is 278 g/mol. The quantitative estimate of drug-likeness (QED) is 0.849. The van der Waals surface area contributed by atoms with E-state index in [9.17, 15) is 4.79 Å². The van der Waals surface area contributed by atoms with Crippen LogP contribution in [0.25, 0.3) is 0 Å². The number of methoxy groups -OCH3 is 1. The smallest absolute Gasteiger partial charge is 0.331 e. The average Bonchev–Trinajstić information content (AvgIpc) is 3.30. The molecule has 0 aromatic heterocycles. The van der Waals surface area contributed by atoms with Crippen molar-refractivity contribution in [1.29, 1.82) is 0 Å². The minimum atomic E-state index is -1.05. The highest BCUT2D eigenvalue weighted by Crippen LogP contribution is 2.46. The van der Waals surface area contributed by atoms with Crippen molar-refractivity contribution >= 4 is 5.97 Å². The van der Waals surface area contributed by atoms with Gasteiger partial charge in [-0.15, -0.1) is 0 Å². The van der Waals surface area contributed by atoms with Crippen molar-refractivity contribution < 1.29 is 14.3 Å². The summed E-state index contributed by atoms with van der Waals surface area (Å²) in [5.74, 6) is 0.647. The molecule has 1 aromatic carbocycles. The number of nitrogens with two attached hydrogens (primary N) is 1. The van der Waals surface area contributed by atoms with Crippen molar-refractivity contribution in [3.05, 3.63) is 29.3 Å². The first-order valence-electron chi connectivity index (χ1n) is 7.90. The molecule has 1 aliphatic carbocycles. The van der Waals surface area contributed by atoms with Crippen molar-refractivity contribution in [2.45, 2.75) is 51.5 Å². The van der Waals surface area contributed by atoms with Gasteiger partial charge in [-0.2, -0.15) is 0 Å². The first kappa shape index (κ1) is 16.8. The molecule has 2 rings (SSSR count). The minimum absolute atomic E-state index is 0.0968. The van der Waals surface area contributed by atoms with Gasteiger partial charge in [0.1, 0.15) is 11.3 Å². The highest BCUT2D eigenvalue weighted by Gasteiger charge is 2.50. The monoisotopic (exact) mass is 305 g/mol. The molecule has 4 heteroatoms. The van der Waals surface area contributed by atoms with Gasteiger partial charge in [-0.25, -0.2) is 4.79 Å². The van der Waals surface area contributed by atoms with Crippen molar-refractivity contribution in [3.8, 4) is 5.75 Å². The summed E-state index contributed by atoms with van der Waals surface area (Å²) >= 11 is 0. The van der Waals surface area contributed by atoms with Crippen LogP contribution in [0.3, 0.4) is 0 Å².